The lowest BCUT2D eigenvalue weighted by Gasteiger charge is -2.26. The Balaban J connectivity index is 1.14. The fourth-order valence-electron chi connectivity index (χ4n) is 8.29. The van der Waals surface area contributed by atoms with Crippen molar-refractivity contribution in [2.45, 2.75) is 0 Å². The van der Waals surface area contributed by atoms with Crippen LogP contribution in [0.1, 0.15) is 0 Å². The molecular weight excluding hydrogens is 687 g/mol. The Kier molecular flexibility index (Phi) is 7.39. The predicted molar refractivity (Wildman–Crippen MR) is 235 cm³/mol. The van der Waals surface area contributed by atoms with Crippen molar-refractivity contribution in [3.63, 3.8) is 0 Å². The summed E-state index contributed by atoms with van der Waals surface area (Å²) in [6.45, 7) is 0. The second kappa shape index (κ2) is 12.9. The third kappa shape index (κ3) is 5.24. The van der Waals surface area contributed by atoms with Crippen molar-refractivity contribution in [1.29, 1.82) is 0 Å². The van der Waals surface area contributed by atoms with Crippen LogP contribution >= 0.6 is 11.3 Å². The molecule has 0 bridgehead atoms. The Hall–Kier alpha value is -6.94. The van der Waals surface area contributed by atoms with E-state index in [1.165, 1.54) is 47.6 Å². The van der Waals surface area contributed by atoms with E-state index in [0.29, 0.717) is 0 Å². The lowest BCUT2D eigenvalue weighted by atomic mass is 9.96. The Bertz CT molecular complexity index is 3190. The van der Waals surface area contributed by atoms with E-state index in [0.717, 1.165) is 55.7 Å². The number of para-hydroxylation sites is 1. The summed E-state index contributed by atoms with van der Waals surface area (Å²) in [5, 5.41) is 7.23. The van der Waals surface area contributed by atoms with Crippen LogP contribution in [0.5, 0.6) is 0 Å². The normalized spacial score (nSPS) is 11.6. The molecule has 2 heterocycles. The van der Waals surface area contributed by atoms with Crippen LogP contribution in [0, 0.1) is 0 Å². The van der Waals surface area contributed by atoms with E-state index in [1.54, 1.807) is 0 Å². The first kappa shape index (κ1) is 31.6. The molecule has 0 atom stereocenters. The van der Waals surface area contributed by atoms with Crippen molar-refractivity contribution in [2.24, 2.45) is 0 Å². The van der Waals surface area contributed by atoms with E-state index < -0.39 is 0 Å². The number of hydrogen-bond acceptors (Lipinski definition) is 3. The maximum Gasteiger partial charge on any atom is 0.159 e. The first-order valence-corrected chi connectivity index (χ1v) is 19.5. The smallest absolute Gasteiger partial charge is 0.159 e. The van der Waals surface area contributed by atoms with E-state index in [9.17, 15) is 0 Å². The van der Waals surface area contributed by atoms with Crippen molar-refractivity contribution in [2.75, 3.05) is 4.90 Å². The first-order valence-electron chi connectivity index (χ1n) is 18.7. The molecule has 0 N–H and O–H groups in total. The second-order valence-corrected chi connectivity index (χ2v) is 15.1. The molecule has 258 valence electrons. The van der Waals surface area contributed by atoms with Gasteiger partial charge in [-0.05, 0) is 81.1 Å². The summed E-state index contributed by atoms with van der Waals surface area (Å²) in [4.78, 5) is 2.35. The molecule has 11 rings (SSSR count). The molecule has 9 aromatic carbocycles. The average Bonchev–Trinajstić information content (AvgIpc) is 3.85. The minimum absolute atomic E-state index is 0.857. The van der Waals surface area contributed by atoms with Crippen LogP contribution < -0.4 is 4.90 Å². The van der Waals surface area contributed by atoms with E-state index in [2.05, 4.69) is 205 Å². The van der Waals surface area contributed by atoms with E-state index >= 15 is 0 Å². The molecule has 0 fully saturated rings. The molecule has 3 heteroatoms. The van der Waals surface area contributed by atoms with Crippen LogP contribution in [0.25, 0.3) is 86.3 Å². The van der Waals surface area contributed by atoms with E-state index in [4.69, 9.17) is 4.42 Å². The number of fused-ring (bicyclic) bond motifs is 8. The van der Waals surface area contributed by atoms with Crippen molar-refractivity contribution in [1.82, 2.24) is 0 Å². The highest BCUT2D eigenvalue weighted by Gasteiger charge is 2.23. The van der Waals surface area contributed by atoms with Crippen LogP contribution in [0.15, 0.2) is 205 Å². The van der Waals surface area contributed by atoms with Gasteiger partial charge in [-0.1, -0.05) is 158 Å². The molecule has 0 amide bonds. The summed E-state index contributed by atoms with van der Waals surface area (Å²) < 4.78 is 9.78. The van der Waals surface area contributed by atoms with Gasteiger partial charge in [0.05, 0.1) is 5.69 Å². The molecule has 0 saturated carbocycles. The lowest BCUT2D eigenvalue weighted by molar-refractivity contribution is 0.670. The fraction of sp³-hybridized carbons (Fsp3) is 0. The van der Waals surface area contributed by atoms with Crippen molar-refractivity contribution >= 4 is 81.3 Å². The standard InChI is InChI=1S/C52H33NOS/c1-3-14-34(15-4-1)37-19-11-20-40(32-37)53(39-30-28-36(29-31-39)42-23-12-24-44-43-22-9-10-27-48(43)55-52(42)44)47-26-13-25-45-49-41-21-8-7-18-38(41)33-46(51(49)54-50(45)47)35-16-5-2-6-17-35/h1-33H. The highest BCUT2D eigenvalue weighted by atomic mass is 32.1. The summed E-state index contributed by atoms with van der Waals surface area (Å²) in [5.74, 6) is 0. The molecule has 0 aliphatic rings. The molecule has 11 aromatic rings. The molecule has 0 radical (unpaired) electrons. The monoisotopic (exact) mass is 719 g/mol. The molecule has 55 heavy (non-hydrogen) atoms. The van der Waals surface area contributed by atoms with Gasteiger partial charge < -0.3 is 9.32 Å². The van der Waals surface area contributed by atoms with Crippen molar-refractivity contribution < 1.29 is 4.42 Å². The van der Waals surface area contributed by atoms with Crippen LogP contribution in [0.2, 0.25) is 0 Å². The zero-order valence-electron chi connectivity index (χ0n) is 29.8. The van der Waals surface area contributed by atoms with Gasteiger partial charge in [-0.15, -0.1) is 11.3 Å². The number of thiophene rings is 1. The highest BCUT2D eigenvalue weighted by Crippen LogP contribution is 2.47. The number of furan rings is 1. The van der Waals surface area contributed by atoms with Gasteiger partial charge in [-0.25, -0.2) is 0 Å². The predicted octanol–water partition coefficient (Wildman–Crippen LogP) is 15.6. The summed E-state index contributed by atoms with van der Waals surface area (Å²) >= 11 is 1.87. The van der Waals surface area contributed by atoms with Gasteiger partial charge in [-0.2, -0.15) is 0 Å². The summed E-state index contributed by atoms with van der Waals surface area (Å²) in [6, 6.07) is 71.9. The third-order valence-electron chi connectivity index (χ3n) is 10.8. The lowest BCUT2D eigenvalue weighted by Crippen LogP contribution is -2.10. The average molecular weight is 720 g/mol. The molecule has 0 unspecified atom stereocenters. The number of nitrogens with zero attached hydrogens (tertiary/aromatic N) is 1. The number of rotatable bonds is 6. The van der Waals surface area contributed by atoms with Crippen molar-refractivity contribution in [3.05, 3.63) is 200 Å². The van der Waals surface area contributed by atoms with E-state index in [1.807, 2.05) is 11.3 Å². The Morgan fingerprint density at radius 2 is 1.02 bits per heavy atom. The minimum atomic E-state index is 0.857. The SMILES string of the molecule is c1ccc(-c2cccc(N(c3ccc(-c4cccc5c4sc4ccccc45)cc3)c3cccc4c3oc3c(-c5ccccc5)cc5ccccc5c34)c2)cc1. The zero-order valence-corrected chi connectivity index (χ0v) is 30.6. The molecule has 0 aliphatic carbocycles. The van der Waals surface area contributed by atoms with Crippen LogP contribution in [0.3, 0.4) is 0 Å². The van der Waals surface area contributed by atoms with Crippen LogP contribution in [-0.2, 0) is 0 Å². The molecule has 0 aliphatic heterocycles. The van der Waals surface area contributed by atoms with Gasteiger partial charge in [-0.3, -0.25) is 0 Å². The summed E-state index contributed by atoms with van der Waals surface area (Å²) in [6.07, 6.45) is 0. The maximum absolute atomic E-state index is 7.15. The topological polar surface area (TPSA) is 16.4 Å². The van der Waals surface area contributed by atoms with Gasteiger partial charge in [0.15, 0.2) is 5.58 Å². The number of benzene rings is 9. The quantitative estimate of drug-likeness (QED) is 0.170. The summed E-state index contributed by atoms with van der Waals surface area (Å²) in [5.41, 5.74) is 11.9. The molecule has 2 nitrogen and oxygen atoms in total. The summed E-state index contributed by atoms with van der Waals surface area (Å²) in [7, 11) is 0. The van der Waals surface area contributed by atoms with Gasteiger partial charge in [0, 0.05) is 47.9 Å². The van der Waals surface area contributed by atoms with Crippen LogP contribution in [0.4, 0.5) is 17.1 Å². The Morgan fingerprint density at radius 3 is 1.85 bits per heavy atom. The van der Waals surface area contributed by atoms with Gasteiger partial charge in [0.1, 0.15) is 5.58 Å². The second-order valence-electron chi connectivity index (χ2n) is 14.1. The largest absolute Gasteiger partial charge is 0.453 e. The maximum atomic E-state index is 7.15. The highest BCUT2D eigenvalue weighted by molar-refractivity contribution is 7.26. The Morgan fingerprint density at radius 1 is 0.382 bits per heavy atom. The molecule has 0 saturated heterocycles. The fourth-order valence-corrected chi connectivity index (χ4v) is 9.53. The molecule has 0 spiro atoms. The van der Waals surface area contributed by atoms with Gasteiger partial charge in [0.25, 0.3) is 0 Å². The zero-order chi connectivity index (χ0) is 36.3. The van der Waals surface area contributed by atoms with Crippen molar-refractivity contribution in [3.8, 4) is 33.4 Å². The van der Waals surface area contributed by atoms with Crippen LogP contribution in [-0.4, -0.2) is 0 Å². The third-order valence-corrected chi connectivity index (χ3v) is 12.1. The van der Waals surface area contributed by atoms with Gasteiger partial charge >= 0.3 is 0 Å². The Labute approximate surface area is 322 Å². The number of anilines is 3. The molecular formula is C52H33NOS. The van der Waals surface area contributed by atoms with Gasteiger partial charge in [0.2, 0.25) is 0 Å². The number of hydrogen-bond donors (Lipinski definition) is 0. The minimum Gasteiger partial charge on any atom is -0.453 e. The first-order chi connectivity index (χ1) is 27.3. The molecule has 2 aromatic heterocycles. The van der Waals surface area contributed by atoms with E-state index in [-0.39, 0.29) is 0 Å².